The van der Waals surface area contributed by atoms with Gasteiger partial charge in [-0.25, -0.2) is 9.78 Å². The highest BCUT2D eigenvalue weighted by Gasteiger charge is 2.49. The average molecular weight is 463 g/mol. The van der Waals surface area contributed by atoms with E-state index in [0.29, 0.717) is 5.75 Å². The molecular formula is C24H25N5O5. The third-order valence-electron chi connectivity index (χ3n) is 5.92. The molecule has 1 N–H and O–H groups in total. The van der Waals surface area contributed by atoms with Crippen molar-refractivity contribution in [1.82, 2.24) is 24.8 Å². The summed E-state index contributed by atoms with van der Waals surface area (Å²) in [6, 6.07) is 11.0. The predicted molar refractivity (Wildman–Crippen MR) is 121 cm³/mol. The summed E-state index contributed by atoms with van der Waals surface area (Å²) in [4.78, 5) is 49.1. The van der Waals surface area contributed by atoms with Gasteiger partial charge >= 0.3 is 5.97 Å². The Kier molecular flexibility index (Phi) is 6.31. The van der Waals surface area contributed by atoms with Gasteiger partial charge < -0.3 is 24.3 Å². The van der Waals surface area contributed by atoms with E-state index in [9.17, 15) is 14.4 Å². The Hall–Kier alpha value is -4.21. The summed E-state index contributed by atoms with van der Waals surface area (Å²) in [5.41, 5.74) is 0.285. The Morgan fingerprint density at radius 1 is 1.18 bits per heavy atom. The standard InChI is InChI=1S/C24H25N5O5/c1-24(23(32)26-12-17-8-4-5-9-18(17)33-2)14-28-15-27-19(22(31)34-3)20(28)21(30)29(24)13-16-7-6-10-25-11-16/h4-11,15H,12-14H2,1-3H3,(H,26,32)/t24-/m1/s1. The van der Waals surface area contributed by atoms with Gasteiger partial charge in [-0.2, -0.15) is 0 Å². The normalized spacial score (nSPS) is 17.1. The van der Waals surface area contributed by atoms with E-state index in [4.69, 9.17) is 9.47 Å². The minimum absolute atomic E-state index is 0.0832. The van der Waals surface area contributed by atoms with Crippen LogP contribution in [0, 0.1) is 0 Å². The van der Waals surface area contributed by atoms with E-state index >= 15 is 0 Å². The van der Waals surface area contributed by atoms with E-state index in [1.165, 1.54) is 22.9 Å². The number of fused-ring (bicyclic) bond motifs is 1. The highest BCUT2D eigenvalue weighted by molar-refractivity contribution is 6.06. The number of nitrogens with zero attached hydrogens (tertiary/aromatic N) is 4. The first-order valence-electron chi connectivity index (χ1n) is 10.6. The molecule has 1 aliphatic rings. The fourth-order valence-electron chi connectivity index (χ4n) is 4.07. The second-order valence-corrected chi connectivity index (χ2v) is 8.08. The molecule has 10 heteroatoms. The van der Waals surface area contributed by atoms with Crippen LogP contribution in [0.2, 0.25) is 0 Å². The Bertz CT molecular complexity index is 1230. The SMILES string of the molecule is COC(=O)c1ncn2c1C(=O)N(Cc1cccnc1)[C@@](C)(C(=O)NCc1ccccc1OC)C2. The quantitative estimate of drug-likeness (QED) is 0.531. The van der Waals surface area contributed by atoms with Gasteiger partial charge in [-0.15, -0.1) is 0 Å². The number of hydrogen-bond donors (Lipinski definition) is 1. The number of rotatable bonds is 7. The van der Waals surface area contributed by atoms with Crippen molar-refractivity contribution in [3.8, 4) is 5.75 Å². The average Bonchev–Trinajstić information content (AvgIpc) is 3.29. The van der Waals surface area contributed by atoms with E-state index < -0.39 is 17.4 Å². The van der Waals surface area contributed by atoms with Crippen LogP contribution in [-0.2, 0) is 29.2 Å². The second-order valence-electron chi connectivity index (χ2n) is 8.08. The molecule has 0 spiro atoms. The number of pyridine rings is 1. The monoisotopic (exact) mass is 463 g/mol. The van der Waals surface area contributed by atoms with Crippen molar-refractivity contribution in [2.24, 2.45) is 0 Å². The number of amides is 2. The van der Waals surface area contributed by atoms with Crippen LogP contribution in [-0.4, -0.2) is 57.0 Å². The molecular weight excluding hydrogens is 438 g/mol. The third kappa shape index (κ3) is 4.09. The van der Waals surface area contributed by atoms with Gasteiger partial charge in [-0.05, 0) is 24.6 Å². The number of ether oxygens (including phenoxy) is 2. The molecule has 34 heavy (non-hydrogen) atoms. The molecule has 0 fully saturated rings. The van der Waals surface area contributed by atoms with Gasteiger partial charge in [-0.3, -0.25) is 14.6 Å². The van der Waals surface area contributed by atoms with Gasteiger partial charge in [0.05, 0.1) is 27.1 Å². The number of esters is 1. The van der Waals surface area contributed by atoms with E-state index in [2.05, 4.69) is 15.3 Å². The summed E-state index contributed by atoms with van der Waals surface area (Å²) < 4.78 is 11.7. The molecule has 0 saturated heterocycles. The molecule has 1 atom stereocenters. The number of nitrogens with one attached hydrogen (secondary N) is 1. The lowest BCUT2D eigenvalue weighted by molar-refractivity contribution is -0.133. The molecule has 0 radical (unpaired) electrons. The van der Waals surface area contributed by atoms with E-state index in [-0.39, 0.29) is 36.9 Å². The Morgan fingerprint density at radius 3 is 2.68 bits per heavy atom. The zero-order chi connectivity index (χ0) is 24.3. The highest BCUT2D eigenvalue weighted by atomic mass is 16.5. The summed E-state index contributed by atoms with van der Waals surface area (Å²) in [5.74, 6) is -0.912. The summed E-state index contributed by atoms with van der Waals surface area (Å²) >= 11 is 0. The topological polar surface area (TPSA) is 116 Å². The Labute approximate surface area is 196 Å². The molecule has 2 aromatic heterocycles. The first-order chi connectivity index (χ1) is 16.4. The van der Waals surface area contributed by atoms with Crippen LogP contribution in [0.15, 0.2) is 55.1 Å². The molecule has 0 unspecified atom stereocenters. The first-order valence-corrected chi connectivity index (χ1v) is 10.6. The molecule has 176 valence electrons. The molecule has 2 amide bonds. The largest absolute Gasteiger partial charge is 0.496 e. The van der Waals surface area contributed by atoms with Gasteiger partial charge in [0.2, 0.25) is 5.91 Å². The number of aromatic nitrogens is 3. The number of carbonyl (C=O) groups is 3. The number of methoxy groups -OCH3 is 2. The van der Waals surface area contributed by atoms with Gasteiger partial charge in [0.25, 0.3) is 5.91 Å². The van der Waals surface area contributed by atoms with Crippen molar-refractivity contribution in [2.45, 2.75) is 32.1 Å². The van der Waals surface area contributed by atoms with Crippen LogP contribution in [0.5, 0.6) is 5.75 Å². The molecule has 3 heterocycles. The lowest BCUT2D eigenvalue weighted by Crippen LogP contribution is -2.63. The second kappa shape index (κ2) is 9.34. The minimum atomic E-state index is -1.27. The summed E-state index contributed by atoms with van der Waals surface area (Å²) in [7, 11) is 2.79. The molecule has 10 nitrogen and oxygen atoms in total. The van der Waals surface area contributed by atoms with Crippen molar-refractivity contribution >= 4 is 17.8 Å². The number of hydrogen-bond acceptors (Lipinski definition) is 7. The van der Waals surface area contributed by atoms with Gasteiger partial charge in [0, 0.05) is 31.0 Å². The maximum atomic E-state index is 13.7. The van der Waals surface area contributed by atoms with Gasteiger partial charge in [0.1, 0.15) is 17.0 Å². The van der Waals surface area contributed by atoms with Crippen molar-refractivity contribution in [2.75, 3.05) is 14.2 Å². The Balaban J connectivity index is 1.69. The van der Waals surface area contributed by atoms with Crippen molar-refractivity contribution in [3.05, 3.63) is 77.6 Å². The number of benzene rings is 1. The van der Waals surface area contributed by atoms with Crippen LogP contribution >= 0.6 is 0 Å². The van der Waals surface area contributed by atoms with Gasteiger partial charge in [-0.1, -0.05) is 24.3 Å². The van der Waals surface area contributed by atoms with Crippen LogP contribution in [0.1, 0.15) is 39.0 Å². The van der Waals surface area contributed by atoms with Crippen molar-refractivity contribution in [1.29, 1.82) is 0 Å². The fourth-order valence-corrected chi connectivity index (χ4v) is 4.07. The highest BCUT2D eigenvalue weighted by Crippen LogP contribution is 2.31. The number of imidazole rings is 1. The summed E-state index contributed by atoms with van der Waals surface area (Å²) in [6.45, 7) is 2.14. The maximum Gasteiger partial charge on any atom is 0.359 e. The van der Waals surface area contributed by atoms with Crippen LogP contribution in [0.4, 0.5) is 0 Å². The van der Waals surface area contributed by atoms with E-state index in [0.717, 1.165) is 11.1 Å². The van der Waals surface area contributed by atoms with Gasteiger partial charge in [0.15, 0.2) is 5.69 Å². The fraction of sp³-hybridized carbons (Fsp3) is 0.292. The Morgan fingerprint density at radius 2 is 1.97 bits per heavy atom. The van der Waals surface area contributed by atoms with Crippen LogP contribution in [0.25, 0.3) is 0 Å². The first kappa shape index (κ1) is 23.0. The smallest absolute Gasteiger partial charge is 0.359 e. The summed E-state index contributed by atoms with van der Waals surface area (Å²) in [5, 5.41) is 2.94. The molecule has 3 aromatic rings. The number of carbonyl (C=O) groups excluding carboxylic acids is 3. The summed E-state index contributed by atoms with van der Waals surface area (Å²) in [6.07, 6.45) is 4.64. The van der Waals surface area contributed by atoms with Crippen molar-refractivity contribution in [3.63, 3.8) is 0 Å². The van der Waals surface area contributed by atoms with Crippen LogP contribution in [0.3, 0.4) is 0 Å². The third-order valence-corrected chi connectivity index (χ3v) is 5.92. The minimum Gasteiger partial charge on any atom is -0.496 e. The number of para-hydroxylation sites is 1. The molecule has 1 aromatic carbocycles. The van der Waals surface area contributed by atoms with E-state index in [1.54, 1.807) is 32.5 Å². The zero-order valence-corrected chi connectivity index (χ0v) is 19.1. The van der Waals surface area contributed by atoms with Crippen molar-refractivity contribution < 1.29 is 23.9 Å². The molecule has 0 aliphatic carbocycles. The lowest BCUT2D eigenvalue weighted by Gasteiger charge is -2.43. The van der Waals surface area contributed by atoms with E-state index in [1.807, 2.05) is 30.3 Å². The zero-order valence-electron chi connectivity index (χ0n) is 19.1. The molecule has 1 aliphatic heterocycles. The maximum absolute atomic E-state index is 13.7. The molecule has 4 rings (SSSR count). The molecule has 0 bridgehead atoms. The lowest BCUT2D eigenvalue weighted by atomic mass is 9.93. The molecule has 0 saturated carbocycles. The predicted octanol–water partition coefficient (Wildman–Crippen LogP) is 1.80. The van der Waals surface area contributed by atoms with Crippen LogP contribution < -0.4 is 10.1 Å².